The number of halogens is 2. The van der Waals surface area contributed by atoms with Gasteiger partial charge in [-0.1, -0.05) is 53.5 Å². The number of piperazine rings is 1. The number of anilines is 1. The predicted octanol–water partition coefficient (Wildman–Crippen LogP) is 3.12. The normalized spacial score (nSPS) is 13.6. The Morgan fingerprint density at radius 3 is 2.36 bits per heavy atom. The summed E-state index contributed by atoms with van der Waals surface area (Å²) in [6, 6.07) is 15.2. The van der Waals surface area contributed by atoms with E-state index in [1.807, 2.05) is 36.4 Å². The molecule has 1 aliphatic rings. The van der Waals surface area contributed by atoms with Crippen LogP contribution in [-0.4, -0.2) is 73.6 Å². The van der Waals surface area contributed by atoms with Gasteiger partial charge in [0, 0.05) is 86.0 Å². The van der Waals surface area contributed by atoms with Crippen molar-refractivity contribution in [2.24, 2.45) is 5.73 Å². The van der Waals surface area contributed by atoms with Gasteiger partial charge in [0.1, 0.15) is 17.6 Å². The van der Waals surface area contributed by atoms with E-state index in [1.165, 1.54) is 0 Å². The highest BCUT2D eigenvalue weighted by molar-refractivity contribution is 6.35. The SMILES string of the molecule is COc1ccccc1CNC(=O)NCc1cccnc1N1CCN(C(=O)[C@@H](Cc2ccc(Cl)cc2Cl)NC(=O)CCN)CC1. The van der Waals surface area contributed by atoms with Crippen LogP contribution < -0.4 is 31.3 Å². The molecule has 2 heterocycles. The smallest absolute Gasteiger partial charge is 0.315 e. The molecular formula is C31H37Cl2N7O4. The molecule has 3 aromatic rings. The Kier molecular flexibility index (Phi) is 12.0. The number of amides is 4. The van der Waals surface area contributed by atoms with Crippen LogP contribution in [0.1, 0.15) is 23.1 Å². The summed E-state index contributed by atoms with van der Waals surface area (Å²) in [6.07, 6.45) is 2.04. The highest BCUT2D eigenvalue weighted by atomic mass is 35.5. The standard InChI is InChI=1S/C31H37Cl2N7O4/c1-44-27-7-3-2-5-22(27)19-36-31(43)37-20-23-6-4-12-35-29(23)39-13-15-40(16-14-39)30(42)26(38-28(41)10-11-34)17-21-8-9-24(32)18-25(21)33/h2-9,12,18,26H,10-11,13-17,19-20,34H2,1H3,(H,38,41)(H2,36,37,43)/t26-/m1/s1. The third-order valence-electron chi connectivity index (χ3n) is 7.27. The van der Waals surface area contributed by atoms with E-state index in [-0.39, 0.29) is 43.8 Å². The van der Waals surface area contributed by atoms with E-state index in [9.17, 15) is 14.4 Å². The summed E-state index contributed by atoms with van der Waals surface area (Å²) in [6.45, 7) is 2.69. The number of hydrogen-bond donors (Lipinski definition) is 4. The predicted molar refractivity (Wildman–Crippen MR) is 171 cm³/mol. The molecule has 1 saturated heterocycles. The van der Waals surface area contributed by atoms with Crippen molar-refractivity contribution < 1.29 is 19.1 Å². The van der Waals surface area contributed by atoms with E-state index in [2.05, 4.69) is 25.8 Å². The Bertz CT molecular complexity index is 1450. The van der Waals surface area contributed by atoms with Crippen LogP contribution in [0.4, 0.5) is 10.6 Å². The number of nitrogens with zero attached hydrogens (tertiary/aromatic N) is 3. The van der Waals surface area contributed by atoms with Gasteiger partial charge in [-0.3, -0.25) is 9.59 Å². The number of carbonyl (C=O) groups is 3. The van der Waals surface area contributed by atoms with Gasteiger partial charge in [0.2, 0.25) is 11.8 Å². The fourth-order valence-electron chi connectivity index (χ4n) is 4.98. The van der Waals surface area contributed by atoms with Crippen molar-refractivity contribution in [3.05, 3.63) is 87.5 Å². The van der Waals surface area contributed by atoms with Crippen molar-refractivity contribution in [1.29, 1.82) is 0 Å². The average Bonchev–Trinajstić information content (AvgIpc) is 3.03. The lowest BCUT2D eigenvalue weighted by Crippen LogP contribution is -2.56. The zero-order chi connectivity index (χ0) is 31.5. The Morgan fingerprint density at radius 1 is 0.955 bits per heavy atom. The van der Waals surface area contributed by atoms with Gasteiger partial charge < -0.3 is 36.2 Å². The number of hydrogen-bond acceptors (Lipinski definition) is 7. The van der Waals surface area contributed by atoms with Crippen molar-refractivity contribution in [1.82, 2.24) is 25.8 Å². The van der Waals surface area contributed by atoms with E-state index >= 15 is 0 Å². The molecule has 1 atom stereocenters. The molecule has 13 heteroatoms. The second kappa shape index (κ2) is 16.1. The number of para-hydroxylation sites is 1. The van der Waals surface area contributed by atoms with Crippen LogP contribution >= 0.6 is 23.2 Å². The summed E-state index contributed by atoms with van der Waals surface area (Å²) < 4.78 is 5.34. The number of aromatic nitrogens is 1. The molecule has 2 aromatic carbocycles. The molecule has 44 heavy (non-hydrogen) atoms. The molecule has 0 radical (unpaired) electrons. The van der Waals surface area contributed by atoms with Crippen molar-refractivity contribution in [2.75, 3.05) is 44.7 Å². The van der Waals surface area contributed by atoms with Gasteiger partial charge in [0.15, 0.2) is 0 Å². The third kappa shape index (κ3) is 8.98. The van der Waals surface area contributed by atoms with Crippen LogP contribution in [0.5, 0.6) is 5.75 Å². The maximum Gasteiger partial charge on any atom is 0.315 e. The fourth-order valence-corrected chi connectivity index (χ4v) is 5.46. The summed E-state index contributed by atoms with van der Waals surface area (Å²) in [5.74, 6) is 0.950. The van der Waals surface area contributed by atoms with Crippen LogP contribution in [0.2, 0.25) is 10.0 Å². The highest BCUT2D eigenvalue weighted by Gasteiger charge is 2.30. The maximum absolute atomic E-state index is 13.6. The molecule has 0 spiro atoms. The first-order chi connectivity index (χ1) is 21.3. The number of nitrogens with two attached hydrogens (primary N) is 1. The van der Waals surface area contributed by atoms with Crippen molar-refractivity contribution >= 4 is 46.9 Å². The molecule has 234 valence electrons. The number of methoxy groups -OCH3 is 1. The molecular weight excluding hydrogens is 605 g/mol. The second-order valence-electron chi connectivity index (χ2n) is 10.2. The molecule has 1 fully saturated rings. The first-order valence-electron chi connectivity index (χ1n) is 14.3. The van der Waals surface area contributed by atoms with Gasteiger partial charge in [-0.15, -0.1) is 0 Å². The second-order valence-corrected chi connectivity index (χ2v) is 11.1. The number of rotatable bonds is 12. The Labute approximate surface area is 267 Å². The molecule has 0 bridgehead atoms. The fraction of sp³-hybridized carbons (Fsp3) is 0.355. The first kappa shape index (κ1) is 32.8. The van der Waals surface area contributed by atoms with E-state index < -0.39 is 6.04 Å². The molecule has 5 N–H and O–H groups in total. The molecule has 1 aliphatic heterocycles. The Morgan fingerprint density at radius 2 is 1.66 bits per heavy atom. The Balaban J connectivity index is 1.35. The van der Waals surface area contributed by atoms with Gasteiger partial charge in [-0.25, -0.2) is 9.78 Å². The van der Waals surface area contributed by atoms with Gasteiger partial charge >= 0.3 is 6.03 Å². The van der Waals surface area contributed by atoms with Crippen molar-refractivity contribution in [3.8, 4) is 5.75 Å². The van der Waals surface area contributed by atoms with E-state index in [0.29, 0.717) is 54.1 Å². The highest BCUT2D eigenvalue weighted by Crippen LogP contribution is 2.24. The molecule has 1 aromatic heterocycles. The lowest BCUT2D eigenvalue weighted by Gasteiger charge is -2.37. The Hall–Kier alpha value is -4.06. The minimum absolute atomic E-state index is 0.112. The lowest BCUT2D eigenvalue weighted by atomic mass is 10.0. The average molecular weight is 643 g/mol. The number of urea groups is 1. The summed E-state index contributed by atoms with van der Waals surface area (Å²) in [4.78, 5) is 47.0. The van der Waals surface area contributed by atoms with Crippen LogP contribution in [-0.2, 0) is 29.1 Å². The minimum Gasteiger partial charge on any atom is -0.496 e. The molecule has 0 saturated carbocycles. The van der Waals surface area contributed by atoms with E-state index in [4.69, 9.17) is 33.7 Å². The summed E-state index contributed by atoms with van der Waals surface area (Å²) in [7, 11) is 1.59. The summed E-state index contributed by atoms with van der Waals surface area (Å²) in [5.41, 5.74) is 7.98. The van der Waals surface area contributed by atoms with Crippen LogP contribution in [0.25, 0.3) is 0 Å². The van der Waals surface area contributed by atoms with Gasteiger partial charge in [0.05, 0.1) is 7.11 Å². The molecule has 4 amide bonds. The zero-order valence-electron chi connectivity index (χ0n) is 24.5. The van der Waals surface area contributed by atoms with E-state index in [0.717, 1.165) is 16.9 Å². The quantitative estimate of drug-likeness (QED) is 0.238. The van der Waals surface area contributed by atoms with Crippen molar-refractivity contribution in [3.63, 3.8) is 0 Å². The van der Waals surface area contributed by atoms with Gasteiger partial charge in [-0.05, 0) is 29.8 Å². The van der Waals surface area contributed by atoms with E-state index in [1.54, 1.807) is 36.4 Å². The monoisotopic (exact) mass is 641 g/mol. The molecule has 0 unspecified atom stereocenters. The molecule has 11 nitrogen and oxygen atoms in total. The topological polar surface area (TPSA) is 142 Å². The summed E-state index contributed by atoms with van der Waals surface area (Å²) in [5, 5.41) is 9.50. The van der Waals surface area contributed by atoms with Crippen LogP contribution in [0.3, 0.4) is 0 Å². The molecule has 4 rings (SSSR count). The first-order valence-corrected chi connectivity index (χ1v) is 15.1. The van der Waals surface area contributed by atoms with Crippen molar-refractivity contribution in [2.45, 2.75) is 32.0 Å². The molecule has 0 aliphatic carbocycles. The van der Waals surface area contributed by atoms with Gasteiger partial charge in [0.25, 0.3) is 0 Å². The minimum atomic E-state index is -0.803. The summed E-state index contributed by atoms with van der Waals surface area (Å²) >= 11 is 12.4. The zero-order valence-corrected chi connectivity index (χ0v) is 26.0. The lowest BCUT2D eigenvalue weighted by molar-refractivity contribution is -0.136. The van der Waals surface area contributed by atoms with Crippen LogP contribution in [0, 0.1) is 0 Å². The van der Waals surface area contributed by atoms with Crippen LogP contribution in [0.15, 0.2) is 60.8 Å². The maximum atomic E-state index is 13.6. The third-order valence-corrected chi connectivity index (χ3v) is 7.86. The number of carbonyl (C=O) groups excluding carboxylic acids is 3. The largest absolute Gasteiger partial charge is 0.496 e. The number of benzene rings is 2. The van der Waals surface area contributed by atoms with Gasteiger partial charge in [-0.2, -0.15) is 0 Å². The number of ether oxygens (including phenoxy) is 1. The number of pyridine rings is 1. The number of nitrogens with one attached hydrogen (secondary N) is 3.